The predicted molar refractivity (Wildman–Crippen MR) is 112 cm³/mol. The zero-order chi connectivity index (χ0) is 21.1. The van der Waals surface area contributed by atoms with Gasteiger partial charge in [-0.15, -0.1) is 0 Å². The number of nitro groups is 1. The van der Waals surface area contributed by atoms with E-state index in [9.17, 15) is 24.8 Å². The number of rotatable bonds is 7. The molecular weight excluding hydrogens is 416 g/mol. The smallest absolute Gasteiger partial charge is 0.326 e. The van der Waals surface area contributed by atoms with Gasteiger partial charge in [0, 0.05) is 23.8 Å². The van der Waals surface area contributed by atoms with Crippen molar-refractivity contribution in [3.8, 4) is 11.3 Å². The van der Waals surface area contributed by atoms with Gasteiger partial charge in [-0.2, -0.15) is 0 Å². The molecule has 0 bridgehead atoms. The van der Waals surface area contributed by atoms with Crippen molar-refractivity contribution in [1.82, 2.24) is 4.90 Å². The van der Waals surface area contributed by atoms with Crippen LogP contribution in [0.1, 0.15) is 25.5 Å². The summed E-state index contributed by atoms with van der Waals surface area (Å²) < 4.78 is 5.91. The molecule has 0 saturated carbocycles. The molecule has 1 fully saturated rings. The van der Waals surface area contributed by atoms with Crippen LogP contribution < -0.4 is 0 Å². The molecule has 150 valence electrons. The number of carboxylic acid groups (broad SMARTS) is 1. The van der Waals surface area contributed by atoms with E-state index < -0.39 is 22.8 Å². The highest BCUT2D eigenvalue weighted by Gasteiger charge is 2.40. The van der Waals surface area contributed by atoms with Crippen molar-refractivity contribution >= 4 is 51.9 Å². The number of non-ortho nitro benzene ring substituents is 1. The number of furan rings is 1. The molecule has 1 aliphatic heterocycles. The zero-order valence-electron chi connectivity index (χ0n) is 15.2. The summed E-state index contributed by atoms with van der Waals surface area (Å²) >= 11 is 6.24. The first-order valence-electron chi connectivity index (χ1n) is 8.66. The van der Waals surface area contributed by atoms with E-state index in [0.29, 0.717) is 29.9 Å². The minimum absolute atomic E-state index is 0.0238. The Balaban J connectivity index is 1.82. The quantitative estimate of drug-likeness (QED) is 0.298. The molecule has 2 aromatic rings. The Morgan fingerprint density at radius 3 is 2.62 bits per heavy atom. The maximum atomic E-state index is 12.7. The molecular formula is C19H16N2O6S2. The monoisotopic (exact) mass is 432 g/mol. The lowest BCUT2D eigenvalue weighted by Gasteiger charge is -2.22. The summed E-state index contributed by atoms with van der Waals surface area (Å²) in [7, 11) is 0. The Morgan fingerprint density at radius 1 is 1.34 bits per heavy atom. The van der Waals surface area contributed by atoms with Crippen LogP contribution in [0.15, 0.2) is 45.7 Å². The van der Waals surface area contributed by atoms with E-state index >= 15 is 0 Å². The van der Waals surface area contributed by atoms with Gasteiger partial charge in [0.15, 0.2) is 0 Å². The van der Waals surface area contributed by atoms with Crippen LogP contribution in [0.2, 0.25) is 0 Å². The summed E-state index contributed by atoms with van der Waals surface area (Å²) in [5.41, 5.74) is 0.626. The molecule has 1 saturated heterocycles. The number of hydrogen-bond acceptors (Lipinski definition) is 7. The highest BCUT2D eigenvalue weighted by molar-refractivity contribution is 8.26. The summed E-state index contributed by atoms with van der Waals surface area (Å²) in [5.74, 6) is -0.686. The summed E-state index contributed by atoms with van der Waals surface area (Å²) in [6.45, 7) is 1.84. The molecule has 1 amide bonds. The second-order valence-corrected chi connectivity index (χ2v) is 7.88. The average molecular weight is 432 g/mol. The van der Waals surface area contributed by atoms with Crippen molar-refractivity contribution < 1.29 is 24.0 Å². The van der Waals surface area contributed by atoms with E-state index in [-0.39, 0.29) is 14.9 Å². The second kappa shape index (κ2) is 8.58. The lowest BCUT2D eigenvalue weighted by molar-refractivity contribution is -0.384. The summed E-state index contributed by atoms with van der Waals surface area (Å²) in [6.07, 6.45) is 2.42. The fourth-order valence-corrected chi connectivity index (χ4v) is 4.18. The third-order valence-corrected chi connectivity index (χ3v) is 5.58. The molecule has 3 rings (SSSR count). The molecule has 0 spiro atoms. The van der Waals surface area contributed by atoms with Crippen LogP contribution in [0.3, 0.4) is 0 Å². The largest absolute Gasteiger partial charge is 0.480 e. The van der Waals surface area contributed by atoms with Crippen molar-refractivity contribution in [2.45, 2.75) is 25.8 Å². The molecule has 8 nitrogen and oxygen atoms in total. The van der Waals surface area contributed by atoms with Gasteiger partial charge in [0.25, 0.3) is 11.6 Å². The van der Waals surface area contributed by atoms with E-state index in [0.717, 1.165) is 16.7 Å². The van der Waals surface area contributed by atoms with Gasteiger partial charge in [-0.3, -0.25) is 19.8 Å². The molecule has 0 aliphatic carbocycles. The molecule has 1 atom stereocenters. The molecule has 0 unspecified atom stereocenters. The van der Waals surface area contributed by atoms with Crippen LogP contribution in [-0.4, -0.2) is 37.2 Å². The number of amides is 1. The highest BCUT2D eigenvalue weighted by Crippen LogP contribution is 2.35. The van der Waals surface area contributed by atoms with Crippen LogP contribution in [0.25, 0.3) is 17.4 Å². The van der Waals surface area contributed by atoms with Gasteiger partial charge in [-0.1, -0.05) is 37.3 Å². The summed E-state index contributed by atoms with van der Waals surface area (Å²) in [4.78, 5) is 35.9. The predicted octanol–water partition coefficient (Wildman–Crippen LogP) is 4.31. The lowest BCUT2D eigenvalue weighted by Crippen LogP contribution is -2.43. The third-order valence-electron chi connectivity index (χ3n) is 4.25. The molecule has 1 aliphatic rings. The zero-order valence-corrected chi connectivity index (χ0v) is 16.9. The van der Waals surface area contributed by atoms with Gasteiger partial charge in [-0.05, 0) is 30.7 Å². The minimum Gasteiger partial charge on any atom is -0.480 e. The van der Waals surface area contributed by atoms with Gasteiger partial charge in [0.05, 0.1) is 9.83 Å². The van der Waals surface area contributed by atoms with Crippen LogP contribution in [0.4, 0.5) is 5.69 Å². The second-order valence-electron chi connectivity index (χ2n) is 6.20. The number of thiocarbonyl (C=S) groups is 1. The number of benzene rings is 1. The number of hydrogen-bond donors (Lipinski definition) is 1. The number of aliphatic carboxylic acids is 1. The molecule has 2 heterocycles. The molecule has 1 aromatic carbocycles. The molecule has 29 heavy (non-hydrogen) atoms. The third kappa shape index (κ3) is 4.38. The van der Waals surface area contributed by atoms with Crippen molar-refractivity contribution in [2.75, 3.05) is 0 Å². The van der Waals surface area contributed by atoms with Gasteiger partial charge >= 0.3 is 5.97 Å². The Bertz CT molecular complexity index is 1010. The van der Waals surface area contributed by atoms with Gasteiger partial charge in [0.1, 0.15) is 21.9 Å². The SMILES string of the molecule is CCC[C@H](C(=O)O)N1C(=O)/C(=C/c2ccc(-c3ccc([N+](=O)[O-])cc3)o2)SC1=S. The van der Waals surface area contributed by atoms with Crippen molar-refractivity contribution in [2.24, 2.45) is 0 Å². The Labute approximate surface area is 175 Å². The summed E-state index contributed by atoms with van der Waals surface area (Å²) in [5, 5.41) is 20.2. The van der Waals surface area contributed by atoms with E-state index in [2.05, 4.69) is 0 Å². The van der Waals surface area contributed by atoms with Crippen LogP contribution in [0, 0.1) is 10.1 Å². The first-order chi connectivity index (χ1) is 13.8. The normalized spacial score (nSPS) is 16.4. The number of carbonyl (C=O) groups is 2. The maximum absolute atomic E-state index is 12.7. The standard InChI is InChI=1S/C19H16N2O6S2/c1-2-3-14(18(23)24)20-17(22)16(29-19(20)28)10-13-8-9-15(27-13)11-4-6-12(7-5-11)21(25)26/h4-10,14H,2-3H2,1H3,(H,23,24)/b16-10-/t14-/m1/s1. The topological polar surface area (TPSA) is 114 Å². The molecule has 0 radical (unpaired) electrons. The van der Waals surface area contributed by atoms with Gasteiger partial charge < -0.3 is 9.52 Å². The number of nitrogens with zero attached hydrogens (tertiary/aromatic N) is 2. The number of carboxylic acids is 1. The number of carbonyl (C=O) groups excluding carboxylic acids is 1. The molecule has 1 N–H and O–H groups in total. The fourth-order valence-electron chi connectivity index (χ4n) is 2.85. The lowest BCUT2D eigenvalue weighted by atomic mass is 10.1. The Kier molecular flexibility index (Phi) is 6.14. The van der Waals surface area contributed by atoms with Crippen molar-refractivity contribution in [3.63, 3.8) is 0 Å². The van der Waals surface area contributed by atoms with E-state index in [1.165, 1.54) is 18.2 Å². The van der Waals surface area contributed by atoms with Gasteiger partial charge in [0.2, 0.25) is 0 Å². The molecule has 10 heteroatoms. The van der Waals surface area contributed by atoms with Crippen LogP contribution in [-0.2, 0) is 9.59 Å². The highest BCUT2D eigenvalue weighted by atomic mass is 32.2. The Morgan fingerprint density at radius 2 is 2.03 bits per heavy atom. The van der Waals surface area contributed by atoms with E-state index in [1.54, 1.807) is 24.3 Å². The van der Waals surface area contributed by atoms with E-state index in [1.807, 2.05) is 6.92 Å². The van der Waals surface area contributed by atoms with Crippen molar-refractivity contribution in [1.29, 1.82) is 0 Å². The molecule has 1 aromatic heterocycles. The summed E-state index contributed by atoms with van der Waals surface area (Å²) in [6, 6.07) is 8.25. The first-order valence-corrected chi connectivity index (χ1v) is 9.88. The van der Waals surface area contributed by atoms with Crippen LogP contribution in [0.5, 0.6) is 0 Å². The Hall–Kier alpha value is -2.98. The van der Waals surface area contributed by atoms with Gasteiger partial charge in [-0.25, -0.2) is 4.79 Å². The number of nitro benzene ring substituents is 1. The first kappa shape index (κ1) is 20.7. The number of thioether (sulfide) groups is 1. The maximum Gasteiger partial charge on any atom is 0.326 e. The minimum atomic E-state index is -1.09. The van der Waals surface area contributed by atoms with Crippen LogP contribution >= 0.6 is 24.0 Å². The van der Waals surface area contributed by atoms with Crippen molar-refractivity contribution in [3.05, 3.63) is 57.2 Å². The fraction of sp³-hybridized carbons (Fsp3) is 0.211. The average Bonchev–Trinajstić information content (AvgIpc) is 3.25. The van der Waals surface area contributed by atoms with E-state index in [4.69, 9.17) is 16.6 Å².